The van der Waals surface area contributed by atoms with Crippen molar-refractivity contribution < 1.29 is 4.74 Å². The molecule has 1 heterocycles. The predicted molar refractivity (Wildman–Crippen MR) is 76.0 cm³/mol. The summed E-state index contributed by atoms with van der Waals surface area (Å²) in [5, 5.41) is 3.60. The van der Waals surface area contributed by atoms with Crippen LogP contribution in [0.1, 0.15) is 51.9 Å². The molecule has 0 radical (unpaired) electrons. The lowest BCUT2D eigenvalue weighted by molar-refractivity contribution is 0.00202. The Morgan fingerprint density at radius 1 is 1.17 bits per heavy atom. The average Bonchev–Trinajstić information content (AvgIpc) is 2.42. The van der Waals surface area contributed by atoms with Crippen LogP contribution in [-0.2, 0) is 4.74 Å². The number of hydrogen-bond donors (Lipinski definition) is 1. The molecule has 2 aliphatic rings. The second-order valence-corrected chi connectivity index (χ2v) is 5.91. The number of ether oxygens (including phenoxy) is 1. The van der Waals surface area contributed by atoms with E-state index in [-0.39, 0.29) is 0 Å². The highest BCUT2D eigenvalue weighted by Gasteiger charge is 2.39. The van der Waals surface area contributed by atoms with Crippen molar-refractivity contribution in [1.82, 2.24) is 10.2 Å². The molecule has 3 nitrogen and oxygen atoms in total. The van der Waals surface area contributed by atoms with E-state index in [9.17, 15) is 0 Å². The van der Waals surface area contributed by atoms with Gasteiger partial charge in [0.2, 0.25) is 0 Å². The molecule has 0 unspecified atom stereocenters. The summed E-state index contributed by atoms with van der Waals surface area (Å²) < 4.78 is 5.75. The zero-order valence-corrected chi connectivity index (χ0v) is 12.0. The zero-order chi connectivity index (χ0) is 12.7. The monoisotopic (exact) mass is 254 g/mol. The standard InChI is InChI=1S/C15H30N2O/c1-2-3-12-18-13-11-17-10-9-16-14-15(17)7-5-4-6-8-15/h16H,2-14H2,1H3. The van der Waals surface area contributed by atoms with Crippen molar-refractivity contribution in [2.75, 3.05) is 39.4 Å². The molecule has 0 bridgehead atoms. The second-order valence-electron chi connectivity index (χ2n) is 5.91. The largest absolute Gasteiger partial charge is 0.380 e. The molecule has 106 valence electrons. The second kappa shape index (κ2) is 7.46. The maximum atomic E-state index is 5.75. The van der Waals surface area contributed by atoms with E-state index >= 15 is 0 Å². The summed E-state index contributed by atoms with van der Waals surface area (Å²) >= 11 is 0. The fraction of sp³-hybridized carbons (Fsp3) is 1.00. The zero-order valence-electron chi connectivity index (χ0n) is 12.0. The molecule has 0 atom stereocenters. The highest BCUT2D eigenvalue weighted by Crippen LogP contribution is 2.34. The molecule has 1 saturated carbocycles. The molecule has 0 aromatic heterocycles. The molecule has 2 fully saturated rings. The minimum absolute atomic E-state index is 0.463. The third-order valence-electron chi connectivity index (χ3n) is 4.62. The minimum Gasteiger partial charge on any atom is -0.380 e. The number of nitrogens with one attached hydrogen (secondary N) is 1. The first kappa shape index (κ1) is 14.3. The van der Waals surface area contributed by atoms with Crippen molar-refractivity contribution in [3.8, 4) is 0 Å². The van der Waals surface area contributed by atoms with Gasteiger partial charge < -0.3 is 10.1 Å². The fourth-order valence-electron chi connectivity index (χ4n) is 3.46. The summed E-state index contributed by atoms with van der Waals surface area (Å²) in [6.45, 7) is 8.76. The van der Waals surface area contributed by atoms with Gasteiger partial charge >= 0.3 is 0 Å². The Morgan fingerprint density at radius 3 is 2.78 bits per heavy atom. The molecule has 3 heteroatoms. The lowest BCUT2D eigenvalue weighted by Gasteiger charge is -2.50. The summed E-state index contributed by atoms with van der Waals surface area (Å²) in [5.74, 6) is 0. The van der Waals surface area contributed by atoms with Gasteiger partial charge in [0.1, 0.15) is 0 Å². The van der Waals surface area contributed by atoms with Crippen molar-refractivity contribution in [2.24, 2.45) is 0 Å². The van der Waals surface area contributed by atoms with E-state index in [1.165, 1.54) is 58.0 Å². The predicted octanol–water partition coefficient (Wildman–Crippen LogP) is 2.41. The van der Waals surface area contributed by atoms with E-state index in [0.29, 0.717) is 5.54 Å². The van der Waals surface area contributed by atoms with Crippen LogP contribution in [0.3, 0.4) is 0 Å². The topological polar surface area (TPSA) is 24.5 Å². The van der Waals surface area contributed by atoms with E-state index in [1.54, 1.807) is 0 Å². The molecule has 1 spiro atoms. The van der Waals surface area contributed by atoms with E-state index in [1.807, 2.05) is 0 Å². The van der Waals surface area contributed by atoms with Crippen LogP contribution in [0.4, 0.5) is 0 Å². The minimum atomic E-state index is 0.463. The number of rotatable bonds is 6. The van der Waals surface area contributed by atoms with Gasteiger partial charge in [0.15, 0.2) is 0 Å². The van der Waals surface area contributed by atoms with E-state index < -0.39 is 0 Å². The van der Waals surface area contributed by atoms with Crippen molar-refractivity contribution in [3.05, 3.63) is 0 Å². The number of piperazine rings is 1. The summed E-state index contributed by atoms with van der Waals surface area (Å²) in [6.07, 6.45) is 9.46. The van der Waals surface area contributed by atoms with Crippen molar-refractivity contribution in [2.45, 2.75) is 57.4 Å². The number of hydrogen-bond acceptors (Lipinski definition) is 3. The van der Waals surface area contributed by atoms with Crippen LogP contribution in [0.2, 0.25) is 0 Å². The number of nitrogens with zero attached hydrogens (tertiary/aromatic N) is 1. The van der Waals surface area contributed by atoms with Crippen molar-refractivity contribution in [3.63, 3.8) is 0 Å². The van der Waals surface area contributed by atoms with Crippen molar-refractivity contribution >= 4 is 0 Å². The van der Waals surface area contributed by atoms with Gasteiger partial charge in [-0.15, -0.1) is 0 Å². The molecule has 18 heavy (non-hydrogen) atoms. The lowest BCUT2D eigenvalue weighted by atomic mass is 9.79. The van der Waals surface area contributed by atoms with Crippen LogP contribution in [0.5, 0.6) is 0 Å². The summed E-state index contributed by atoms with van der Waals surface area (Å²) in [7, 11) is 0. The fourth-order valence-corrected chi connectivity index (χ4v) is 3.46. The van der Waals surface area contributed by atoms with Crippen LogP contribution in [0.15, 0.2) is 0 Å². The Morgan fingerprint density at radius 2 is 2.00 bits per heavy atom. The van der Waals surface area contributed by atoms with Gasteiger partial charge in [0, 0.05) is 38.3 Å². The third kappa shape index (κ3) is 3.69. The van der Waals surface area contributed by atoms with Gasteiger partial charge in [-0.3, -0.25) is 4.90 Å². The molecule has 0 aromatic carbocycles. The maximum Gasteiger partial charge on any atom is 0.0593 e. The summed E-state index contributed by atoms with van der Waals surface area (Å²) in [6, 6.07) is 0. The Kier molecular flexibility index (Phi) is 5.93. The molecule has 1 saturated heterocycles. The Balaban J connectivity index is 1.76. The first-order valence-electron chi connectivity index (χ1n) is 7.91. The van der Waals surface area contributed by atoms with Crippen LogP contribution >= 0.6 is 0 Å². The highest BCUT2D eigenvalue weighted by molar-refractivity contribution is 4.97. The third-order valence-corrected chi connectivity index (χ3v) is 4.62. The van der Waals surface area contributed by atoms with E-state index in [4.69, 9.17) is 4.74 Å². The molecular weight excluding hydrogens is 224 g/mol. The quantitative estimate of drug-likeness (QED) is 0.737. The summed E-state index contributed by atoms with van der Waals surface area (Å²) in [5.41, 5.74) is 0.463. The Hall–Kier alpha value is -0.120. The molecule has 1 aliphatic heterocycles. The molecule has 1 aliphatic carbocycles. The van der Waals surface area contributed by atoms with Crippen molar-refractivity contribution in [1.29, 1.82) is 0 Å². The number of unbranched alkanes of at least 4 members (excludes halogenated alkanes) is 1. The molecule has 0 amide bonds. The first-order chi connectivity index (χ1) is 8.87. The summed E-state index contributed by atoms with van der Waals surface area (Å²) in [4.78, 5) is 2.72. The molecule has 2 rings (SSSR count). The van der Waals surface area contributed by atoms with Crippen LogP contribution < -0.4 is 5.32 Å². The van der Waals surface area contributed by atoms with Gasteiger partial charge in [-0.2, -0.15) is 0 Å². The van der Waals surface area contributed by atoms with Gasteiger partial charge in [0.25, 0.3) is 0 Å². The SMILES string of the molecule is CCCCOCCN1CCNCC12CCCCC2. The average molecular weight is 254 g/mol. The Bertz CT molecular complexity index is 218. The normalized spacial score (nSPS) is 24.5. The first-order valence-corrected chi connectivity index (χ1v) is 7.91. The Labute approximate surface area is 112 Å². The molecular formula is C15H30N2O. The van der Waals surface area contributed by atoms with Gasteiger partial charge in [-0.25, -0.2) is 0 Å². The van der Waals surface area contributed by atoms with Gasteiger partial charge in [0.05, 0.1) is 6.61 Å². The van der Waals surface area contributed by atoms with Crippen LogP contribution in [0.25, 0.3) is 0 Å². The van der Waals surface area contributed by atoms with Gasteiger partial charge in [-0.05, 0) is 19.3 Å². The van der Waals surface area contributed by atoms with Gasteiger partial charge in [-0.1, -0.05) is 32.6 Å². The lowest BCUT2D eigenvalue weighted by Crippen LogP contribution is -2.62. The van der Waals surface area contributed by atoms with E-state index in [0.717, 1.165) is 26.3 Å². The molecule has 0 aromatic rings. The highest BCUT2D eigenvalue weighted by atomic mass is 16.5. The van der Waals surface area contributed by atoms with Crippen LogP contribution in [-0.4, -0.2) is 49.8 Å². The maximum absolute atomic E-state index is 5.75. The molecule has 1 N–H and O–H groups in total. The van der Waals surface area contributed by atoms with E-state index in [2.05, 4.69) is 17.1 Å². The van der Waals surface area contributed by atoms with Crippen LogP contribution in [0, 0.1) is 0 Å². The smallest absolute Gasteiger partial charge is 0.0593 e.